The molecule has 0 aromatic carbocycles. The fourth-order valence-corrected chi connectivity index (χ4v) is 2.07. The van der Waals surface area contributed by atoms with Crippen molar-refractivity contribution in [1.29, 1.82) is 0 Å². The Balaban J connectivity index is 2.90. The zero-order valence-corrected chi connectivity index (χ0v) is 9.01. The summed E-state index contributed by atoms with van der Waals surface area (Å²) in [7, 11) is -4.18. The summed E-state index contributed by atoms with van der Waals surface area (Å²) in [6.07, 6.45) is -2.31. The minimum Gasteiger partial charge on any atom is -0.263 e. The second-order valence-electron chi connectivity index (χ2n) is 3.07. The maximum absolute atomic E-state index is 12.2. The zero-order chi connectivity index (χ0) is 12.4. The van der Waals surface area contributed by atoms with E-state index in [0.717, 1.165) is 13.1 Å². The number of sulfonamides is 1. The van der Waals surface area contributed by atoms with E-state index in [0.29, 0.717) is 0 Å². The third kappa shape index (κ3) is 3.17. The lowest BCUT2D eigenvalue weighted by molar-refractivity contribution is -0.147. The molecular formula is C8H9F3N2O2S. The Morgan fingerprint density at radius 1 is 1.44 bits per heavy atom. The first-order valence-corrected chi connectivity index (χ1v) is 5.71. The molecule has 0 radical (unpaired) electrons. The molecule has 90 valence electrons. The second-order valence-corrected chi connectivity index (χ2v) is 4.79. The average molecular weight is 254 g/mol. The van der Waals surface area contributed by atoms with Gasteiger partial charge in [-0.25, -0.2) is 8.42 Å². The number of pyridine rings is 1. The summed E-state index contributed by atoms with van der Waals surface area (Å²) in [5, 5.41) is 0. The van der Waals surface area contributed by atoms with Crippen molar-refractivity contribution in [3.63, 3.8) is 0 Å². The first-order chi connectivity index (χ1) is 7.23. The highest BCUT2D eigenvalue weighted by atomic mass is 32.2. The Morgan fingerprint density at radius 2 is 2.06 bits per heavy atom. The molecule has 0 bridgehead atoms. The van der Waals surface area contributed by atoms with Gasteiger partial charge in [-0.3, -0.25) is 4.98 Å². The molecule has 0 unspecified atom stereocenters. The van der Waals surface area contributed by atoms with E-state index in [1.165, 1.54) is 23.1 Å². The largest absolute Gasteiger partial charge is 0.404 e. The fraction of sp³-hybridized carbons (Fsp3) is 0.375. The normalized spacial score (nSPS) is 14.8. The quantitative estimate of drug-likeness (QED) is 0.884. The predicted octanol–water partition coefficient (Wildman–Crippen LogP) is 1.31. The molecule has 0 fully saturated rings. The van der Waals surface area contributed by atoms with Crippen LogP contribution in [0.2, 0.25) is 0 Å². The number of nitrogens with zero attached hydrogens (tertiary/aromatic N) is 1. The van der Waals surface area contributed by atoms with Crippen LogP contribution in [0, 0.1) is 0 Å². The van der Waals surface area contributed by atoms with Gasteiger partial charge in [0.25, 0.3) is 0 Å². The zero-order valence-electron chi connectivity index (χ0n) is 8.19. The molecular weight excluding hydrogens is 245 g/mol. The number of halogens is 3. The van der Waals surface area contributed by atoms with Gasteiger partial charge in [-0.1, -0.05) is 0 Å². The summed E-state index contributed by atoms with van der Waals surface area (Å²) < 4.78 is 60.9. The van der Waals surface area contributed by atoms with Crippen LogP contribution in [0.3, 0.4) is 0 Å². The molecule has 0 aliphatic heterocycles. The Bertz CT molecular complexity index is 444. The van der Waals surface area contributed by atoms with Crippen molar-refractivity contribution in [3.8, 4) is 0 Å². The van der Waals surface area contributed by atoms with Crippen molar-refractivity contribution < 1.29 is 21.6 Å². The molecule has 0 spiro atoms. The molecule has 16 heavy (non-hydrogen) atoms. The SMILES string of the molecule is C[C@H](NS(=O)(=O)c1cccnc1)C(F)(F)F. The highest BCUT2D eigenvalue weighted by molar-refractivity contribution is 7.89. The van der Waals surface area contributed by atoms with E-state index in [-0.39, 0.29) is 4.90 Å². The Morgan fingerprint density at radius 3 is 2.50 bits per heavy atom. The molecule has 1 aromatic heterocycles. The molecule has 1 aromatic rings. The Labute approximate surface area is 90.6 Å². The number of hydrogen-bond acceptors (Lipinski definition) is 3. The van der Waals surface area contributed by atoms with Gasteiger partial charge in [0, 0.05) is 12.4 Å². The van der Waals surface area contributed by atoms with E-state index in [2.05, 4.69) is 4.98 Å². The van der Waals surface area contributed by atoms with Crippen LogP contribution >= 0.6 is 0 Å². The Kier molecular flexibility index (Phi) is 3.54. The van der Waals surface area contributed by atoms with E-state index in [1.807, 2.05) is 0 Å². The van der Waals surface area contributed by atoms with E-state index >= 15 is 0 Å². The fourth-order valence-electron chi connectivity index (χ4n) is 0.874. The summed E-state index contributed by atoms with van der Waals surface area (Å²) in [6, 6.07) is 0.350. The number of hydrogen-bond donors (Lipinski definition) is 1. The van der Waals surface area contributed by atoms with E-state index < -0.39 is 22.2 Å². The van der Waals surface area contributed by atoms with Crippen LogP contribution in [0.4, 0.5) is 13.2 Å². The topological polar surface area (TPSA) is 59.1 Å². The molecule has 0 saturated heterocycles. The molecule has 1 rings (SSSR count). The molecule has 8 heteroatoms. The summed E-state index contributed by atoms with van der Waals surface area (Å²) in [5.41, 5.74) is 0. The average Bonchev–Trinajstić information content (AvgIpc) is 2.17. The van der Waals surface area contributed by atoms with Crippen molar-refractivity contribution in [2.75, 3.05) is 0 Å². The lowest BCUT2D eigenvalue weighted by Gasteiger charge is -2.16. The van der Waals surface area contributed by atoms with Crippen molar-refractivity contribution >= 4 is 10.0 Å². The van der Waals surface area contributed by atoms with Gasteiger partial charge in [0.2, 0.25) is 10.0 Å². The minimum atomic E-state index is -4.62. The van der Waals surface area contributed by atoms with Crippen LogP contribution < -0.4 is 4.72 Å². The van der Waals surface area contributed by atoms with Crippen LogP contribution in [0.15, 0.2) is 29.4 Å². The lowest BCUT2D eigenvalue weighted by Crippen LogP contribution is -2.42. The first kappa shape index (κ1) is 12.9. The molecule has 0 amide bonds. The van der Waals surface area contributed by atoms with Crippen LogP contribution in [-0.4, -0.2) is 25.6 Å². The van der Waals surface area contributed by atoms with Crippen LogP contribution in [-0.2, 0) is 10.0 Å². The number of nitrogens with one attached hydrogen (secondary N) is 1. The lowest BCUT2D eigenvalue weighted by atomic mass is 10.4. The van der Waals surface area contributed by atoms with Crippen molar-refractivity contribution in [3.05, 3.63) is 24.5 Å². The maximum Gasteiger partial charge on any atom is 0.404 e. The number of alkyl halides is 3. The van der Waals surface area contributed by atoms with Crippen molar-refractivity contribution in [2.24, 2.45) is 0 Å². The molecule has 1 atom stereocenters. The van der Waals surface area contributed by atoms with Crippen molar-refractivity contribution in [1.82, 2.24) is 9.71 Å². The Hall–Kier alpha value is -1.15. The number of rotatable bonds is 3. The first-order valence-electron chi connectivity index (χ1n) is 4.22. The van der Waals surface area contributed by atoms with Gasteiger partial charge in [-0.2, -0.15) is 17.9 Å². The van der Waals surface area contributed by atoms with Gasteiger partial charge < -0.3 is 0 Å². The molecule has 1 heterocycles. The van der Waals surface area contributed by atoms with Crippen molar-refractivity contribution in [2.45, 2.75) is 24.0 Å². The predicted molar refractivity (Wildman–Crippen MR) is 50.1 cm³/mol. The highest BCUT2D eigenvalue weighted by Crippen LogP contribution is 2.21. The monoisotopic (exact) mass is 254 g/mol. The summed E-state index contributed by atoms with van der Waals surface area (Å²) in [6.45, 7) is 0.730. The molecule has 0 aliphatic carbocycles. The smallest absolute Gasteiger partial charge is 0.263 e. The molecule has 1 N–H and O–H groups in total. The standard InChI is InChI=1S/C8H9F3N2O2S/c1-6(8(9,10)11)13-16(14,15)7-3-2-4-12-5-7/h2-6,13H,1H3/t6-/m0/s1. The third-order valence-electron chi connectivity index (χ3n) is 1.77. The second kappa shape index (κ2) is 4.38. The van der Waals surface area contributed by atoms with Gasteiger partial charge >= 0.3 is 6.18 Å². The maximum atomic E-state index is 12.2. The minimum absolute atomic E-state index is 0.300. The van der Waals surface area contributed by atoms with Crippen LogP contribution in [0.25, 0.3) is 0 Å². The molecule has 0 aliphatic rings. The highest BCUT2D eigenvalue weighted by Gasteiger charge is 2.38. The van der Waals surface area contributed by atoms with Crippen LogP contribution in [0.1, 0.15) is 6.92 Å². The van der Waals surface area contributed by atoms with Gasteiger partial charge in [0.15, 0.2) is 0 Å². The molecule has 0 saturated carbocycles. The van der Waals surface area contributed by atoms with Gasteiger partial charge in [0.05, 0.1) is 0 Å². The summed E-state index contributed by atoms with van der Waals surface area (Å²) >= 11 is 0. The van der Waals surface area contributed by atoms with E-state index in [4.69, 9.17) is 0 Å². The van der Waals surface area contributed by atoms with E-state index in [1.54, 1.807) is 0 Å². The van der Waals surface area contributed by atoms with Gasteiger partial charge in [-0.05, 0) is 19.1 Å². The van der Waals surface area contributed by atoms with Crippen LogP contribution in [0.5, 0.6) is 0 Å². The third-order valence-corrected chi connectivity index (χ3v) is 3.29. The van der Waals surface area contributed by atoms with Gasteiger partial charge in [-0.15, -0.1) is 0 Å². The molecule has 4 nitrogen and oxygen atoms in total. The van der Waals surface area contributed by atoms with E-state index in [9.17, 15) is 21.6 Å². The summed E-state index contributed by atoms with van der Waals surface area (Å²) in [4.78, 5) is 3.22. The summed E-state index contributed by atoms with van der Waals surface area (Å²) in [5.74, 6) is 0. The number of aromatic nitrogens is 1. The van der Waals surface area contributed by atoms with Gasteiger partial charge in [0.1, 0.15) is 10.9 Å².